The van der Waals surface area contributed by atoms with Gasteiger partial charge < -0.3 is 0 Å². The van der Waals surface area contributed by atoms with Crippen LogP contribution in [-0.2, 0) is 6.42 Å². The zero-order chi connectivity index (χ0) is 14.8. The summed E-state index contributed by atoms with van der Waals surface area (Å²) in [5.74, 6) is 6.98. The van der Waals surface area contributed by atoms with E-state index < -0.39 is 0 Å². The van der Waals surface area contributed by atoms with Crippen LogP contribution in [0.1, 0.15) is 22.3 Å². The van der Waals surface area contributed by atoms with Gasteiger partial charge in [0, 0.05) is 16.7 Å². The maximum atomic E-state index is 3.98. The van der Waals surface area contributed by atoms with Gasteiger partial charge in [0.25, 0.3) is 0 Å². The number of benzene rings is 2. The van der Waals surface area contributed by atoms with Crippen LogP contribution in [0.2, 0.25) is 0 Å². The van der Waals surface area contributed by atoms with Gasteiger partial charge in [0.05, 0.1) is 0 Å². The molecule has 4 heteroatoms. The Morgan fingerprint density at radius 3 is 2.77 bits per heavy atom. The molecule has 0 bridgehead atoms. The van der Waals surface area contributed by atoms with Crippen LogP contribution in [0.5, 0.6) is 0 Å². The number of allylic oxidation sites excluding steroid dienone is 1. The van der Waals surface area contributed by atoms with E-state index in [2.05, 4.69) is 62.8 Å². The Hall–Kier alpha value is -3.19. The van der Waals surface area contributed by atoms with Crippen LogP contribution in [-0.4, -0.2) is 20.6 Å². The molecule has 0 atom stereocenters. The van der Waals surface area contributed by atoms with Gasteiger partial charge >= 0.3 is 0 Å². The average molecular weight is 284 g/mol. The van der Waals surface area contributed by atoms with E-state index in [-0.39, 0.29) is 0 Å². The summed E-state index contributed by atoms with van der Waals surface area (Å²) < 4.78 is 0. The van der Waals surface area contributed by atoms with Crippen LogP contribution in [0.3, 0.4) is 0 Å². The fraction of sp³-hybridized carbons (Fsp3) is 0.0556. The SMILES string of the molecule is C(#Cc1ccc2c(c1)C=CC2)c1cccc(-c2nn[nH]n2)c1. The van der Waals surface area contributed by atoms with E-state index in [0.717, 1.165) is 23.1 Å². The van der Waals surface area contributed by atoms with Crippen LogP contribution in [0.25, 0.3) is 17.5 Å². The van der Waals surface area contributed by atoms with E-state index in [0.29, 0.717) is 5.82 Å². The lowest BCUT2D eigenvalue weighted by Crippen LogP contribution is -1.84. The first kappa shape index (κ1) is 12.5. The predicted octanol–water partition coefficient (Wildman–Crippen LogP) is 2.84. The van der Waals surface area contributed by atoms with Gasteiger partial charge in [-0.05, 0) is 47.0 Å². The van der Waals surface area contributed by atoms with Gasteiger partial charge in [0.2, 0.25) is 5.82 Å². The molecule has 0 fully saturated rings. The molecule has 1 aliphatic carbocycles. The Morgan fingerprint density at radius 2 is 1.91 bits per heavy atom. The number of H-pyrrole nitrogens is 1. The molecule has 0 saturated carbocycles. The molecule has 1 N–H and O–H groups in total. The zero-order valence-electron chi connectivity index (χ0n) is 11.7. The van der Waals surface area contributed by atoms with Crippen molar-refractivity contribution in [3.8, 4) is 23.2 Å². The van der Waals surface area contributed by atoms with Crippen LogP contribution >= 0.6 is 0 Å². The van der Waals surface area contributed by atoms with Gasteiger partial charge in [0.15, 0.2) is 0 Å². The normalized spacial score (nSPS) is 11.8. The van der Waals surface area contributed by atoms with E-state index in [1.165, 1.54) is 11.1 Å². The van der Waals surface area contributed by atoms with Gasteiger partial charge in [-0.1, -0.05) is 42.2 Å². The number of nitrogens with one attached hydrogen (secondary N) is 1. The van der Waals surface area contributed by atoms with Crippen molar-refractivity contribution in [2.45, 2.75) is 6.42 Å². The van der Waals surface area contributed by atoms with Gasteiger partial charge in [-0.25, -0.2) is 0 Å². The zero-order valence-corrected chi connectivity index (χ0v) is 11.7. The Bertz CT molecular complexity index is 912. The van der Waals surface area contributed by atoms with E-state index in [4.69, 9.17) is 0 Å². The number of rotatable bonds is 1. The molecule has 0 saturated heterocycles. The van der Waals surface area contributed by atoms with Gasteiger partial charge in [-0.15, -0.1) is 10.2 Å². The molecule has 3 aromatic rings. The molecule has 4 rings (SSSR count). The van der Waals surface area contributed by atoms with Crippen molar-refractivity contribution in [1.29, 1.82) is 0 Å². The Labute approximate surface area is 127 Å². The predicted molar refractivity (Wildman–Crippen MR) is 84.8 cm³/mol. The molecule has 0 amide bonds. The summed E-state index contributed by atoms with van der Waals surface area (Å²) in [4.78, 5) is 0. The van der Waals surface area contributed by atoms with Gasteiger partial charge in [0.1, 0.15) is 0 Å². The summed E-state index contributed by atoms with van der Waals surface area (Å²) in [5, 5.41) is 14.0. The molecule has 2 aromatic carbocycles. The van der Waals surface area contributed by atoms with Crippen LogP contribution in [0.15, 0.2) is 48.5 Å². The maximum Gasteiger partial charge on any atom is 0.204 e. The molecule has 1 heterocycles. The Balaban J connectivity index is 1.64. The molecule has 104 valence electrons. The largest absolute Gasteiger partial charge is 0.204 e. The van der Waals surface area contributed by atoms with Gasteiger partial charge in [-0.2, -0.15) is 5.21 Å². The summed E-state index contributed by atoms with van der Waals surface area (Å²) in [5.41, 5.74) is 5.49. The molecule has 0 radical (unpaired) electrons. The van der Waals surface area contributed by atoms with Crippen molar-refractivity contribution in [3.05, 3.63) is 70.8 Å². The molecule has 0 spiro atoms. The van der Waals surface area contributed by atoms with E-state index >= 15 is 0 Å². The Kier molecular flexibility index (Phi) is 3.02. The smallest absolute Gasteiger partial charge is 0.177 e. The number of fused-ring (bicyclic) bond motifs is 1. The van der Waals surface area contributed by atoms with Crippen molar-refractivity contribution >= 4 is 6.08 Å². The third kappa shape index (κ3) is 2.40. The van der Waals surface area contributed by atoms with Crippen LogP contribution in [0.4, 0.5) is 0 Å². The molecule has 1 aliphatic rings. The minimum Gasteiger partial charge on any atom is -0.177 e. The molecular formula is C18H12N4. The Morgan fingerprint density at radius 1 is 1.00 bits per heavy atom. The second-order valence-electron chi connectivity index (χ2n) is 5.09. The first-order valence-corrected chi connectivity index (χ1v) is 7.04. The maximum absolute atomic E-state index is 3.98. The molecular weight excluding hydrogens is 272 g/mol. The third-order valence-corrected chi connectivity index (χ3v) is 3.60. The second-order valence-corrected chi connectivity index (χ2v) is 5.09. The lowest BCUT2D eigenvalue weighted by atomic mass is 10.1. The second kappa shape index (κ2) is 5.30. The number of aromatic nitrogens is 4. The third-order valence-electron chi connectivity index (χ3n) is 3.60. The van der Waals surface area contributed by atoms with Crippen molar-refractivity contribution in [3.63, 3.8) is 0 Å². The summed E-state index contributed by atoms with van der Waals surface area (Å²) in [6.07, 6.45) is 5.35. The van der Waals surface area contributed by atoms with Crippen molar-refractivity contribution in [2.75, 3.05) is 0 Å². The number of hydrogen-bond acceptors (Lipinski definition) is 3. The van der Waals surface area contributed by atoms with Crippen molar-refractivity contribution in [2.24, 2.45) is 0 Å². The lowest BCUT2D eigenvalue weighted by Gasteiger charge is -1.98. The number of aromatic amines is 1. The number of tetrazole rings is 1. The lowest BCUT2D eigenvalue weighted by molar-refractivity contribution is 0.881. The fourth-order valence-electron chi connectivity index (χ4n) is 2.49. The quantitative estimate of drug-likeness (QED) is 0.699. The monoisotopic (exact) mass is 284 g/mol. The highest BCUT2D eigenvalue weighted by Gasteiger charge is 2.04. The van der Waals surface area contributed by atoms with E-state index in [1.54, 1.807) is 0 Å². The summed E-state index contributed by atoms with van der Waals surface area (Å²) in [6.45, 7) is 0. The molecule has 22 heavy (non-hydrogen) atoms. The topological polar surface area (TPSA) is 54.5 Å². The molecule has 4 nitrogen and oxygen atoms in total. The molecule has 0 unspecified atom stereocenters. The minimum absolute atomic E-state index is 0.575. The van der Waals surface area contributed by atoms with Crippen molar-refractivity contribution < 1.29 is 0 Å². The highest BCUT2D eigenvalue weighted by atomic mass is 15.5. The van der Waals surface area contributed by atoms with E-state index in [1.807, 2.05) is 24.3 Å². The average Bonchev–Trinajstić information content (AvgIpc) is 3.24. The highest BCUT2D eigenvalue weighted by Crippen LogP contribution is 2.20. The molecule has 1 aromatic heterocycles. The summed E-state index contributed by atoms with van der Waals surface area (Å²) in [7, 11) is 0. The van der Waals surface area contributed by atoms with E-state index in [9.17, 15) is 0 Å². The highest BCUT2D eigenvalue weighted by molar-refractivity contribution is 5.63. The summed E-state index contributed by atoms with van der Waals surface area (Å²) >= 11 is 0. The summed E-state index contributed by atoms with van der Waals surface area (Å²) in [6, 6.07) is 14.2. The first-order chi connectivity index (χ1) is 10.9. The minimum atomic E-state index is 0.575. The van der Waals surface area contributed by atoms with Crippen LogP contribution < -0.4 is 0 Å². The first-order valence-electron chi connectivity index (χ1n) is 7.04. The van der Waals surface area contributed by atoms with Gasteiger partial charge in [-0.3, -0.25) is 0 Å². The van der Waals surface area contributed by atoms with Crippen molar-refractivity contribution in [1.82, 2.24) is 20.6 Å². The van der Waals surface area contributed by atoms with Crippen LogP contribution in [0, 0.1) is 11.8 Å². The standard InChI is InChI=1S/C18H12N4/c1-3-13(12-17(6-1)18-19-21-22-20-18)7-8-14-9-10-15-4-2-5-16(15)11-14/h1-3,5-6,9-12H,4H2,(H,19,20,21,22). The fourth-order valence-corrected chi connectivity index (χ4v) is 2.49. The molecule has 0 aliphatic heterocycles. The number of nitrogens with zero attached hydrogens (tertiary/aromatic N) is 3. The number of hydrogen-bond donors (Lipinski definition) is 1.